The van der Waals surface area contributed by atoms with E-state index in [1.54, 1.807) is 54.7 Å². The molecule has 0 radical (unpaired) electrons. The van der Waals surface area contributed by atoms with Crippen LogP contribution in [0.4, 0.5) is 5.69 Å². The lowest BCUT2D eigenvalue weighted by Gasteiger charge is -2.15. The first-order valence-electron chi connectivity index (χ1n) is 10.2. The molecule has 5 rings (SSSR count). The Morgan fingerprint density at radius 3 is 2.39 bits per heavy atom. The number of nitro benzene ring substituents is 1. The van der Waals surface area contributed by atoms with E-state index < -0.39 is 4.92 Å². The fourth-order valence-electron chi connectivity index (χ4n) is 3.85. The van der Waals surface area contributed by atoms with Crippen molar-refractivity contribution < 1.29 is 9.66 Å². The Balaban J connectivity index is 1.90. The van der Waals surface area contributed by atoms with Crippen molar-refractivity contribution in [3.05, 3.63) is 91.2 Å². The number of hydrogen-bond donors (Lipinski definition) is 0. The summed E-state index contributed by atoms with van der Waals surface area (Å²) >= 11 is 1.54. The van der Waals surface area contributed by atoms with Crippen LogP contribution < -0.4 is 10.3 Å². The molecule has 0 saturated carbocycles. The lowest BCUT2D eigenvalue weighted by molar-refractivity contribution is -0.385. The molecule has 2 aromatic carbocycles. The Bertz CT molecular complexity index is 1620. The summed E-state index contributed by atoms with van der Waals surface area (Å²) in [5.74, 6) is -0.00123. The fraction of sp³-hybridized carbons (Fsp3) is 0.125. The summed E-state index contributed by atoms with van der Waals surface area (Å²) in [4.78, 5) is 36.1. The van der Waals surface area contributed by atoms with Crippen molar-refractivity contribution >= 4 is 38.1 Å². The van der Waals surface area contributed by atoms with Crippen molar-refractivity contribution in [3.63, 3.8) is 0 Å². The number of hydrogen-bond acceptors (Lipinski definition) is 7. The van der Waals surface area contributed by atoms with Gasteiger partial charge in [0.2, 0.25) is 5.75 Å². The minimum Gasteiger partial charge on any atom is -0.418 e. The first kappa shape index (κ1) is 20.8. The number of ether oxygens (including phenoxy) is 1. The SMILES string of the molecule is Cc1sc2nc(C)c3c(=O)n(-c4ccccc4)c(Oc4ccccc4[N+](=O)[O-])nc3c2c1C. The van der Waals surface area contributed by atoms with Gasteiger partial charge in [-0.25, -0.2) is 9.55 Å². The van der Waals surface area contributed by atoms with Crippen LogP contribution in [0.2, 0.25) is 0 Å². The van der Waals surface area contributed by atoms with Gasteiger partial charge in [-0.1, -0.05) is 30.3 Å². The maximum absolute atomic E-state index is 13.8. The molecule has 3 heterocycles. The number of nitrogens with zero attached hydrogens (tertiary/aromatic N) is 4. The molecule has 33 heavy (non-hydrogen) atoms. The Hall–Kier alpha value is -4.11. The molecule has 0 unspecified atom stereocenters. The second-order valence-electron chi connectivity index (χ2n) is 7.58. The zero-order chi connectivity index (χ0) is 23.3. The predicted molar refractivity (Wildman–Crippen MR) is 128 cm³/mol. The highest BCUT2D eigenvalue weighted by Crippen LogP contribution is 2.36. The normalized spacial score (nSPS) is 11.2. The number of benzene rings is 2. The van der Waals surface area contributed by atoms with Gasteiger partial charge in [-0.3, -0.25) is 14.9 Å². The molecule has 9 heteroatoms. The fourth-order valence-corrected chi connectivity index (χ4v) is 4.93. The summed E-state index contributed by atoms with van der Waals surface area (Å²) in [6.45, 7) is 5.75. The Kier molecular flexibility index (Phi) is 4.90. The van der Waals surface area contributed by atoms with Crippen LogP contribution in [0.3, 0.4) is 0 Å². The summed E-state index contributed by atoms with van der Waals surface area (Å²) in [5.41, 5.74) is 2.00. The molecule has 0 saturated heterocycles. The average Bonchev–Trinajstić information content (AvgIpc) is 3.07. The van der Waals surface area contributed by atoms with Crippen molar-refractivity contribution in [2.24, 2.45) is 0 Å². The minimum atomic E-state index is -0.528. The second kappa shape index (κ2) is 7.79. The number of pyridine rings is 1. The molecule has 0 fully saturated rings. The van der Waals surface area contributed by atoms with Gasteiger partial charge in [-0.2, -0.15) is 4.98 Å². The second-order valence-corrected chi connectivity index (χ2v) is 8.78. The van der Waals surface area contributed by atoms with E-state index in [0.29, 0.717) is 22.3 Å². The highest BCUT2D eigenvalue weighted by molar-refractivity contribution is 7.18. The summed E-state index contributed by atoms with van der Waals surface area (Å²) in [7, 11) is 0. The van der Waals surface area contributed by atoms with Gasteiger partial charge in [0, 0.05) is 16.3 Å². The maximum atomic E-state index is 13.8. The molecule has 0 aliphatic carbocycles. The van der Waals surface area contributed by atoms with Crippen LogP contribution in [0.15, 0.2) is 59.4 Å². The monoisotopic (exact) mass is 458 g/mol. The van der Waals surface area contributed by atoms with E-state index in [0.717, 1.165) is 20.7 Å². The molecule has 164 valence electrons. The minimum absolute atomic E-state index is 0.00123. The third-order valence-corrected chi connectivity index (χ3v) is 6.67. The first-order chi connectivity index (χ1) is 15.9. The summed E-state index contributed by atoms with van der Waals surface area (Å²) in [5, 5.41) is 12.7. The lowest BCUT2D eigenvalue weighted by atomic mass is 10.1. The largest absolute Gasteiger partial charge is 0.418 e. The molecule has 0 amide bonds. The quantitative estimate of drug-likeness (QED) is 0.256. The third-order valence-electron chi connectivity index (χ3n) is 5.56. The topological polar surface area (TPSA) is 100 Å². The summed E-state index contributed by atoms with van der Waals surface area (Å²) < 4.78 is 7.30. The van der Waals surface area contributed by atoms with Gasteiger partial charge in [0.25, 0.3) is 5.56 Å². The van der Waals surface area contributed by atoms with Crippen LogP contribution >= 0.6 is 11.3 Å². The third kappa shape index (κ3) is 3.33. The van der Waals surface area contributed by atoms with E-state index >= 15 is 0 Å². The van der Waals surface area contributed by atoms with Gasteiger partial charge < -0.3 is 4.74 Å². The molecule has 0 aliphatic heterocycles. The van der Waals surface area contributed by atoms with Crippen molar-refractivity contribution in [1.29, 1.82) is 0 Å². The molecule has 5 aromatic rings. The van der Waals surface area contributed by atoms with Crippen molar-refractivity contribution in [3.8, 4) is 17.4 Å². The van der Waals surface area contributed by atoms with E-state index in [4.69, 9.17) is 9.72 Å². The van der Waals surface area contributed by atoms with Gasteiger partial charge >= 0.3 is 11.7 Å². The van der Waals surface area contributed by atoms with Crippen LogP contribution in [0.1, 0.15) is 16.1 Å². The van der Waals surface area contributed by atoms with E-state index in [-0.39, 0.29) is 23.0 Å². The van der Waals surface area contributed by atoms with E-state index in [2.05, 4.69) is 4.98 Å². The molecule has 0 N–H and O–H groups in total. The Labute approximate surface area is 191 Å². The number of nitro groups is 1. The van der Waals surface area contributed by atoms with Gasteiger partial charge in [-0.15, -0.1) is 11.3 Å². The molecule has 3 aromatic heterocycles. The van der Waals surface area contributed by atoms with Crippen molar-refractivity contribution in [1.82, 2.24) is 14.5 Å². The summed E-state index contributed by atoms with van der Waals surface area (Å²) in [6, 6.07) is 14.9. The highest BCUT2D eigenvalue weighted by atomic mass is 32.1. The molecule has 8 nitrogen and oxygen atoms in total. The number of fused-ring (bicyclic) bond motifs is 3. The Morgan fingerprint density at radius 2 is 1.67 bits per heavy atom. The van der Waals surface area contributed by atoms with Gasteiger partial charge in [-0.05, 0) is 44.5 Å². The molecule has 0 aliphatic rings. The highest BCUT2D eigenvalue weighted by Gasteiger charge is 2.23. The lowest BCUT2D eigenvalue weighted by Crippen LogP contribution is -2.22. The van der Waals surface area contributed by atoms with Crippen LogP contribution in [0.5, 0.6) is 11.8 Å². The molecular weight excluding hydrogens is 440 g/mol. The maximum Gasteiger partial charge on any atom is 0.311 e. The smallest absolute Gasteiger partial charge is 0.311 e. The molecule has 0 atom stereocenters. The number of para-hydroxylation sites is 3. The van der Waals surface area contributed by atoms with E-state index in [1.807, 2.05) is 19.9 Å². The van der Waals surface area contributed by atoms with Crippen LogP contribution in [-0.2, 0) is 0 Å². The predicted octanol–water partition coefficient (Wildman–Crippen LogP) is 5.62. The van der Waals surface area contributed by atoms with E-state index in [9.17, 15) is 14.9 Å². The van der Waals surface area contributed by atoms with Crippen LogP contribution in [0, 0.1) is 30.9 Å². The zero-order valence-corrected chi connectivity index (χ0v) is 18.8. The number of thiophene rings is 1. The van der Waals surface area contributed by atoms with Gasteiger partial charge in [0.15, 0.2) is 0 Å². The molecule has 0 bridgehead atoms. The van der Waals surface area contributed by atoms with Crippen molar-refractivity contribution in [2.75, 3.05) is 0 Å². The van der Waals surface area contributed by atoms with E-state index in [1.165, 1.54) is 16.7 Å². The van der Waals surface area contributed by atoms with Crippen LogP contribution in [0.25, 0.3) is 26.8 Å². The zero-order valence-electron chi connectivity index (χ0n) is 18.0. The first-order valence-corrected chi connectivity index (χ1v) is 11.0. The molecular formula is C24H18N4O4S. The van der Waals surface area contributed by atoms with Crippen molar-refractivity contribution in [2.45, 2.75) is 20.8 Å². The molecule has 0 spiro atoms. The number of aryl methyl sites for hydroxylation is 3. The Morgan fingerprint density at radius 1 is 0.970 bits per heavy atom. The number of aromatic nitrogens is 3. The summed E-state index contributed by atoms with van der Waals surface area (Å²) in [6.07, 6.45) is 0. The van der Waals surface area contributed by atoms with Gasteiger partial charge in [0.05, 0.1) is 27.2 Å². The van der Waals surface area contributed by atoms with Crippen LogP contribution in [-0.4, -0.2) is 19.5 Å². The average molecular weight is 458 g/mol. The van der Waals surface area contributed by atoms with Gasteiger partial charge in [0.1, 0.15) is 4.83 Å². The standard InChI is InChI=1S/C24H18N4O4S/c1-13-15(3)33-22-19(13)21-20(14(2)25-22)23(29)27(16-9-5-4-6-10-16)24(26-21)32-18-12-8-7-11-17(18)28(30)31/h4-12H,1-3H3. The number of rotatable bonds is 4.